The molecule has 0 saturated heterocycles. The molecule has 0 radical (unpaired) electrons. The number of carbonyl (C=O) groups is 1. The van der Waals surface area contributed by atoms with Gasteiger partial charge in [0.25, 0.3) is 5.91 Å². The summed E-state index contributed by atoms with van der Waals surface area (Å²) in [5, 5.41) is 7.54. The van der Waals surface area contributed by atoms with E-state index in [4.69, 9.17) is 21.3 Å². The van der Waals surface area contributed by atoms with Crippen LogP contribution in [0, 0.1) is 0 Å². The Hall–Kier alpha value is -2.22. The molecule has 1 amide bonds. The molecule has 7 nitrogen and oxygen atoms in total. The van der Waals surface area contributed by atoms with Gasteiger partial charge in [-0.2, -0.15) is 0 Å². The number of anilines is 1. The number of benzene rings is 1. The lowest BCUT2D eigenvalue weighted by atomic mass is 9.91. The van der Waals surface area contributed by atoms with Crippen LogP contribution in [-0.4, -0.2) is 60.2 Å². The Bertz CT molecular complexity index is 988. The molecular weight excluding hydrogens is 426 g/mol. The van der Waals surface area contributed by atoms with Gasteiger partial charge >= 0.3 is 0 Å². The molecule has 8 heteroatoms. The number of hydrogen-bond donors (Lipinski definition) is 2. The van der Waals surface area contributed by atoms with Crippen LogP contribution in [0.5, 0.6) is 0 Å². The fourth-order valence-corrected chi connectivity index (χ4v) is 4.83. The molecule has 1 aliphatic heterocycles. The van der Waals surface area contributed by atoms with E-state index in [2.05, 4.69) is 29.5 Å². The van der Waals surface area contributed by atoms with Gasteiger partial charge in [-0.05, 0) is 57.2 Å². The number of carbonyl (C=O) groups excluding carboxylic acids is 1. The second-order valence-electron chi connectivity index (χ2n) is 9.21. The molecule has 1 aromatic heterocycles. The van der Waals surface area contributed by atoms with Gasteiger partial charge in [0.15, 0.2) is 0 Å². The lowest BCUT2D eigenvalue weighted by molar-refractivity contribution is 0.0691. The van der Waals surface area contributed by atoms with Crippen LogP contribution in [0.3, 0.4) is 0 Å². The number of halogens is 1. The Balaban J connectivity index is 1.48. The second-order valence-corrected chi connectivity index (χ2v) is 9.62. The van der Waals surface area contributed by atoms with Crippen molar-refractivity contribution in [3.63, 3.8) is 0 Å². The number of amides is 1. The standard InChI is InChI=1S/C24H32ClN5O2/c1-24(2)19-13-15(5-10-18(19)22(31)30(24)3)21-20(25)14-27-23(29-21)28-17-8-6-16(7-9-17)26-11-12-32-4/h5,10,13-14,16-17,26H,6-9,11-12H2,1-4H3,(H,27,28,29)/t16-,17-. The highest BCUT2D eigenvalue weighted by Crippen LogP contribution is 2.40. The monoisotopic (exact) mass is 457 g/mol. The van der Waals surface area contributed by atoms with Crippen molar-refractivity contribution in [1.82, 2.24) is 20.2 Å². The molecule has 1 saturated carbocycles. The molecular formula is C24H32ClN5O2. The van der Waals surface area contributed by atoms with E-state index in [1.54, 1.807) is 18.2 Å². The SMILES string of the molecule is COCCN[C@H]1CC[C@H](Nc2ncc(Cl)c(-c3ccc4c(c3)C(C)(C)N(C)C4=O)n2)CC1. The summed E-state index contributed by atoms with van der Waals surface area (Å²) in [6.45, 7) is 5.73. The number of methoxy groups -OCH3 is 1. The minimum Gasteiger partial charge on any atom is -0.383 e. The average molecular weight is 458 g/mol. The number of ether oxygens (including phenoxy) is 1. The van der Waals surface area contributed by atoms with Crippen molar-refractivity contribution in [2.45, 2.75) is 57.2 Å². The molecule has 2 aromatic rings. The fourth-order valence-electron chi connectivity index (χ4n) is 4.63. The van der Waals surface area contributed by atoms with Gasteiger partial charge in [0, 0.05) is 43.9 Å². The molecule has 2 N–H and O–H groups in total. The molecule has 1 aromatic carbocycles. The van der Waals surface area contributed by atoms with Crippen LogP contribution < -0.4 is 10.6 Å². The largest absolute Gasteiger partial charge is 0.383 e. The number of aromatic nitrogens is 2. The van der Waals surface area contributed by atoms with Gasteiger partial charge < -0.3 is 20.3 Å². The summed E-state index contributed by atoms with van der Waals surface area (Å²) in [6, 6.07) is 6.71. The van der Waals surface area contributed by atoms with Crippen molar-refractivity contribution in [2.75, 3.05) is 32.6 Å². The average Bonchev–Trinajstić information content (AvgIpc) is 2.96. The molecule has 0 unspecified atom stereocenters. The first-order chi connectivity index (χ1) is 15.3. The lowest BCUT2D eigenvalue weighted by Crippen LogP contribution is -2.38. The molecule has 0 spiro atoms. The maximum absolute atomic E-state index is 12.6. The van der Waals surface area contributed by atoms with Crippen LogP contribution in [0.25, 0.3) is 11.3 Å². The molecule has 1 fully saturated rings. The van der Waals surface area contributed by atoms with Crippen LogP contribution in [0.4, 0.5) is 5.95 Å². The third kappa shape index (κ3) is 4.47. The maximum atomic E-state index is 12.6. The van der Waals surface area contributed by atoms with Crippen molar-refractivity contribution in [3.05, 3.63) is 40.5 Å². The zero-order valence-corrected chi connectivity index (χ0v) is 20.0. The molecule has 172 valence electrons. The van der Waals surface area contributed by atoms with Crippen molar-refractivity contribution in [1.29, 1.82) is 0 Å². The quantitative estimate of drug-likeness (QED) is 0.610. The number of rotatable bonds is 7. The zero-order valence-electron chi connectivity index (χ0n) is 19.2. The summed E-state index contributed by atoms with van der Waals surface area (Å²) in [5.41, 5.74) is 2.92. The van der Waals surface area contributed by atoms with Crippen LogP contribution in [0.2, 0.25) is 5.02 Å². The molecule has 1 aliphatic carbocycles. The third-order valence-electron chi connectivity index (χ3n) is 6.87. The van der Waals surface area contributed by atoms with Crippen LogP contribution in [-0.2, 0) is 10.3 Å². The predicted molar refractivity (Wildman–Crippen MR) is 127 cm³/mol. The lowest BCUT2D eigenvalue weighted by Gasteiger charge is -2.30. The summed E-state index contributed by atoms with van der Waals surface area (Å²) in [4.78, 5) is 23.5. The van der Waals surface area contributed by atoms with Gasteiger partial charge in [0.1, 0.15) is 0 Å². The number of fused-ring (bicyclic) bond motifs is 1. The van der Waals surface area contributed by atoms with Crippen LogP contribution in [0.15, 0.2) is 24.4 Å². The van der Waals surface area contributed by atoms with E-state index in [1.807, 2.05) is 25.2 Å². The van der Waals surface area contributed by atoms with E-state index in [9.17, 15) is 4.79 Å². The minimum atomic E-state index is -0.376. The number of nitrogens with zero attached hydrogens (tertiary/aromatic N) is 3. The van der Waals surface area contributed by atoms with Crippen molar-refractivity contribution in [3.8, 4) is 11.3 Å². The van der Waals surface area contributed by atoms with E-state index < -0.39 is 0 Å². The molecule has 0 atom stereocenters. The van der Waals surface area contributed by atoms with E-state index in [0.717, 1.165) is 55.5 Å². The molecule has 4 rings (SSSR count). The van der Waals surface area contributed by atoms with E-state index in [-0.39, 0.29) is 11.4 Å². The second kappa shape index (κ2) is 9.33. The van der Waals surface area contributed by atoms with Crippen molar-refractivity contribution in [2.24, 2.45) is 0 Å². The minimum absolute atomic E-state index is 0.0417. The Morgan fingerprint density at radius 3 is 2.66 bits per heavy atom. The molecule has 2 aliphatic rings. The van der Waals surface area contributed by atoms with Crippen LogP contribution >= 0.6 is 11.6 Å². The highest BCUT2D eigenvalue weighted by molar-refractivity contribution is 6.32. The zero-order chi connectivity index (χ0) is 22.9. The maximum Gasteiger partial charge on any atom is 0.254 e. The van der Waals surface area contributed by atoms with Crippen LogP contribution in [0.1, 0.15) is 55.5 Å². The Morgan fingerprint density at radius 1 is 1.22 bits per heavy atom. The molecule has 0 bridgehead atoms. The highest BCUT2D eigenvalue weighted by Gasteiger charge is 2.40. The van der Waals surface area contributed by atoms with Gasteiger partial charge in [-0.1, -0.05) is 17.7 Å². The third-order valence-corrected chi connectivity index (χ3v) is 7.15. The van der Waals surface area contributed by atoms with Gasteiger partial charge in [0.05, 0.1) is 29.1 Å². The summed E-state index contributed by atoms with van der Waals surface area (Å²) in [5.74, 6) is 0.633. The number of hydrogen-bond acceptors (Lipinski definition) is 6. The first-order valence-corrected chi connectivity index (χ1v) is 11.6. The Morgan fingerprint density at radius 2 is 1.94 bits per heavy atom. The first-order valence-electron chi connectivity index (χ1n) is 11.3. The number of nitrogens with one attached hydrogen (secondary N) is 2. The van der Waals surface area contributed by atoms with Gasteiger partial charge in [0.2, 0.25) is 5.95 Å². The fraction of sp³-hybridized carbons (Fsp3) is 0.542. The predicted octanol–water partition coefficient (Wildman–Crippen LogP) is 4.08. The van der Waals surface area contributed by atoms with E-state index in [1.165, 1.54) is 0 Å². The summed E-state index contributed by atoms with van der Waals surface area (Å²) >= 11 is 6.48. The topological polar surface area (TPSA) is 79.4 Å². The van der Waals surface area contributed by atoms with Gasteiger partial charge in [-0.25, -0.2) is 9.97 Å². The van der Waals surface area contributed by atoms with E-state index >= 15 is 0 Å². The molecule has 32 heavy (non-hydrogen) atoms. The Labute approximate surface area is 194 Å². The Kier molecular flexibility index (Phi) is 6.70. The summed E-state index contributed by atoms with van der Waals surface area (Å²) in [6.07, 6.45) is 6.01. The first kappa shape index (κ1) is 23.0. The van der Waals surface area contributed by atoms with Gasteiger partial charge in [-0.15, -0.1) is 0 Å². The molecule has 2 heterocycles. The van der Waals surface area contributed by atoms with Crippen molar-refractivity contribution >= 4 is 23.5 Å². The van der Waals surface area contributed by atoms with E-state index in [0.29, 0.717) is 28.7 Å². The summed E-state index contributed by atoms with van der Waals surface area (Å²) < 4.78 is 5.12. The normalized spacial score (nSPS) is 22.2. The highest BCUT2D eigenvalue weighted by atomic mass is 35.5. The summed E-state index contributed by atoms with van der Waals surface area (Å²) in [7, 11) is 3.56. The van der Waals surface area contributed by atoms with Crippen molar-refractivity contribution < 1.29 is 9.53 Å². The smallest absolute Gasteiger partial charge is 0.254 e. The van der Waals surface area contributed by atoms with Gasteiger partial charge in [-0.3, -0.25) is 4.79 Å².